The van der Waals surface area contributed by atoms with Gasteiger partial charge >= 0.3 is 5.97 Å². The van der Waals surface area contributed by atoms with Crippen molar-refractivity contribution in [1.29, 1.82) is 0 Å². The van der Waals surface area contributed by atoms with Crippen molar-refractivity contribution in [3.8, 4) is 0 Å². The van der Waals surface area contributed by atoms with Crippen molar-refractivity contribution in [2.24, 2.45) is 4.99 Å². The Morgan fingerprint density at radius 2 is 2.14 bits per heavy atom. The van der Waals surface area contributed by atoms with E-state index in [1.54, 1.807) is 6.07 Å². The second-order valence-corrected chi connectivity index (χ2v) is 5.67. The first-order valence-electron chi connectivity index (χ1n) is 7.52. The van der Waals surface area contributed by atoms with E-state index in [0.29, 0.717) is 22.9 Å². The van der Waals surface area contributed by atoms with Gasteiger partial charge in [0.2, 0.25) is 0 Å². The maximum absolute atomic E-state index is 12.4. The van der Waals surface area contributed by atoms with Crippen LogP contribution in [0.3, 0.4) is 0 Å². The third-order valence-corrected chi connectivity index (χ3v) is 3.75. The highest BCUT2D eigenvalue weighted by atomic mass is 35.5. The molecule has 5 heteroatoms. The van der Waals surface area contributed by atoms with Crippen molar-refractivity contribution in [3.63, 3.8) is 0 Å². The topological polar surface area (TPSA) is 50.7 Å². The molecule has 1 aliphatic rings. The highest BCUT2D eigenvalue weighted by molar-refractivity contribution is 6.38. The van der Waals surface area contributed by atoms with Gasteiger partial charge in [-0.3, -0.25) is 4.99 Å². The Morgan fingerprint density at radius 1 is 1.41 bits per heavy atom. The lowest BCUT2D eigenvalue weighted by Gasteiger charge is -2.24. The van der Waals surface area contributed by atoms with Gasteiger partial charge < -0.3 is 10.1 Å². The van der Waals surface area contributed by atoms with Gasteiger partial charge in [-0.2, -0.15) is 0 Å². The number of carbonyl (C=O) groups is 1. The van der Waals surface area contributed by atoms with Gasteiger partial charge in [0, 0.05) is 16.3 Å². The molecule has 1 aromatic carbocycles. The van der Waals surface area contributed by atoms with Crippen LogP contribution in [-0.4, -0.2) is 24.5 Å². The predicted octanol–water partition coefficient (Wildman–Crippen LogP) is 3.70. The van der Waals surface area contributed by atoms with Gasteiger partial charge in [-0.05, 0) is 26.3 Å². The van der Waals surface area contributed by atoms with Crippen LogP contribution in [0, 0.1) is 0 Å². The van der Waals surface area contributed by atoms with Crippen LogP contribution in [-0.2, 0) is 9.53 Å². The van der Waals surface area contributed by atoms with E-state index in [1.165, 1.54) is 0 Å². The van der Waals surface area contributed by atoms with Gasteiger partial charge in [0.1, 0.15) is 11.7 Å². The van der Waals surface area contributed by atoms with E-state index in [4.69, 9.17) is 16.3 Å². The van der Waals surface area contributed by atoms with Crippen molar-refractivity contribution in [2.45, 2.75) is 39.8 Å². The number of aliphatic imine (C=N–C) groups is 1. The number of rotatable bonds is 5. The van der Waals surface area contributed by atoms with Crippen molar-refractivity contribution in [1.82, 2.24) is 5.32 Å². The number of ether oxygens (including phenoxy) is 1. The Bertz CT molecular complexity index is 623. The van der Waals surface area contributed by atoms with E-state index in [0.717, 1.165) is 24.1 Å². The summed E-state index contributed by atoms with van der Waals surface area (Å²) in [6.07, 6.45) is 1.71. The monoisotopic (exact) mass is 320 g/mol. The molecule has 1 N–H and O–H groups in total. The minimum absolute atomic E-state index is 0.113. The van der Waals surface area contributed by atoms with Crippen LogP contribution in [0.15, 0.2) is 40.5 Å². The molecule has 0 aliphatic carbocycles. The molecule has 0 fully saturated rings. The number of nitrogens with one attached hydrogen (secondary N) is 1. The summed E-state index contributed by atoms with van der Waals surface area (Å²) in [5, 5.41) is 3.74. The average Bonchev–Trinajstić information content (AvgIpc) is 2.47. The second kappa shape index (κ2) is 7.45. The molecule has 1 heterocycles. The molecular weight excluding hydrogens is 300 g/mol. The number of allylic oxidation sites excluding steroid dienone is 1. The largest absolute Gasteiger partial charge is 0.462 e. The molecule has 0 aromatic heterocycles. The SMILES string of the molecule is CCCCOC(=O)C1=C(C)NC(C)N=C1c1ccccc1Cl. The fourth-order valence-electron chi connectivity index (χ4n) is 2.34. The smallest absolute Gasteiger partial charge is 0.342 e. The number of carbonyl (C=O) groups excluding carboxylic acids is 1. The molecule has 1 atom stereocenters. The Kier molecular flexibility index (Phi) is 5.61. The number of esters is 1. The second-order valence-electron chi connectivity index (χ2n) is 5.27. The van der Waals surface area contributed by atoms with Gasteiger partial charge in [0.25, 0.3) is 0 Å². The summed E-state index contributed by atoms with van der Waals surface area (Å²) >= 11 is 6.27. The third-order valence-electron chi connectivity index (χ3n) is 3.42. The first-order valence-corrected chi connectivity index (χ1v) is 7.90. The van der Waals surface area contributed by atoms with Gasteiger partial charge in [-0.1, -0.05) is 43.1 Å². The third kappa shape index (κ3) is 3.69. The van der Waals surface area contributed by atoms with E-state index in [9.17, 15) is 4.79 Å². The lowest BCUT2D eigenvalue weighted by Crippen LogP contribution is -2.34. The van der Waals surface area contributed by atoms with Crippen molar-refractivity contribution >= 4 is 23.3 Å². The molecule has 1 unspecified atom stereocenters. The van der Waals surface area contributed by atoms with Crippen LogP contribution in [0.1, 0.15) is 39.2 Å². The summed E-state index contributed by atoms with van der Waals surface area (Å²) in [7, 11) is 0. The summed E-state index contributed by atoms with van der Waals surface area (Å²) in [6.45, 7) is 6.26. The van der Waals surface area contributed by atoms with Crippen LogP contribution >= 0.6 is 11.6 Å². The van der Waals surface area contributed by atoms with Crippen molar-refractivity contribution in [2.75, 3.05) is 6.61 Å². The van der Waals surface area contributed by atoms with Crippen LogP contribution in [0.25, 0.3) is 0 Å². The zero-order chi connectivity index (χ0) is 16.1. The maximum Gasteiger partial charge on any atom is 0.342 e. The molecule has 0 bridgehead atoms. The van der Waals surface area contributed by atoms with Gasteiger partial charge in [0.05, 0.1) is 12.3 Å². The fourth-order valence-corrected chi connectivity index (χ4v) is 2.57. The van der Waals surface area contributed by atoms with Gasteiger partial charge in [-0.25, -0.2) is 4.79 Å². The van der Waals surface area contributed by atoms with Crippen LogP contribution in [0.4, 0.5) is 0 Å². The van der Waals surface area contributed by atoms with E-state index in [1.807, 2.05) is 32.0 Å². The van der Waals surface area contributed by atoms with Crippen molar-refractivity contribution < 1.29 is 9.53 Å². The molecule has 0 radical (unpaired) electrons. The summed E-state index contributed by atoms with van der Waals surface area (Å²) in [4.78, 5) is 17.0. The zero-order valence-corrected chi connectivity index (χ0v) is 13.9. The molecule has 22 heavy (non-hydrogen) atoms. The number of unbranched alkanes of at least 4 members (excludes halogenated alkanes) is 1. The highest BCUT2D eigenvalue weighted by Gasteiger charge is 2.27. The van der Waals surface area contributed by atoms with Gasteiger partial charge in [0.15, 0.2) is 0 Å². The number of halogens is 1. The van der Waals surface area contributed by atoms with E-state index in [2.05, 4.69) is 17.2 Å². The van der Waals surface area contributed by atoms with E-state index < -0.39 is 0 Å². The molecule has 0 saturated carbocycles. The number of hydrogen-bond acceptors (Lipinski definition) is 4. The molecule has 0 saturated heterocycles. The highest BCUT2D eigenvalue weighted by Crippen LogP contribution is 2.24. The normalized spacial score (nSPS) is 17.8. The standard InChI is InChI=1S/C17H21ClN2O2/c1-4-5-10-22-17(21)15-11(2)19-12(3)20-16(15)13-8-6-7-9-14(13)18/h6-9,12,19H,4-5,10H2,1-3H3. The molecule has 0 amide bonds. The minimum Gasteiger partial charge on any atom is -0.462 e. The lowest BCUT2D eigenvalue weighted by molar-refractivity contribution is -0.138. The first kappa shape index (κ1) is 16.6. The van der Waals surface area contributed by atoms with Crippen molar-refractivity contribution in [3.05, 3.63) is 46.1 Å². The van der Waals surface area contributed by atoms with Crippen LogP contribution < -0.4 is 5.32 Å². The molecule has 2 rings (SSSR count). The summed E-state index contributed by atoms with van der Waals surface area (Å²) in [6, 6.07) is 7.39. The minimum atomic E-state index is -0.357. The van der Waals surface area contributed by atoms with E-state index >= 15 is 0 Å². The maximum atomic E-state index is 12.4. The Balaban J connectivity index is 2.36. The lowest BCUT2D eigenvalue weighted by atomic mass is 9.99. The number of benzene rings is 1. The zero-order valence-electron chi connectivity index (χ0n) is 13.1. The molecular formula is C17H21ClN2O2. The Morgan fingerprint density at radius 3 is 2.82 bits per heavy atom. The fraction of sp³-hybridized carbons (Fsp3) is 0.412. The van der Waals surface area contributed by atoms with Gasteiger partial charge in [-0.15, -0.1) is 0 Å². The molecule has 118 valence electrons. The Labute approximate surface area is 136 Å². The van der Waals surface area contributed by atoms with Crippen LogP contribution in [0.2, 0.25) is 5.02 Å². The summed E-state index contributed by atoms with van der Waals surface area (Å²) in [5.74, 6) is -0.357. The van der Waals surface area contributed by atoms with Crippen LogP contribution in [0.5, 0.6) is 0 Å². The van der Waals surface area contributed by atoms with E-state index in [-0.39, 0.29) is 12.1 Å². The molecule has 4 nitrogen and oxygen atoms in total. The molecule has 1 aliphatic heterocycles. The first-order chi connectivity index (χ1) is 10.5. The molecule has 1 aromatic rings. The molecule has 0 spiro atoms. The summed E-state index contributed by atoms with van der Waals surface area (Å²) < 4.78 is 5.36. The predicted molar refractivity (Wildman–Crippen MR) is 89.2 cm³/mol. The Hall–Kier alpha value is -1.81. The average molecular weight is 321 g/mol. The summed E-state index contributed by atoms with van der Waals surface area (Å²) in [5.41, 5.74) is 2.57. The quantitative estimate of drug-likeness (QED) is 0.665. The number of hydrogen-bond donors (Lipinski definition) is 1. The number of nitrogens with zero attached hydrogens (tertiary/aromatic N) is 1.